The lowest BCUT2D eigenvalue weighted by Gasteiger charge is -2.63. The maximum Gasteiger partial charge on any atom is 0.0997 e. The Morgan fingerprint density at radius 1 is 0.960 bits per heavy atom. The fourth-order valence-corrected chi connectivity index (χ4v) is 9.30. The highest BCUT2D eigenvalue weighted by Crippen LogP contribution is 2.78. The topological polar surface area (TPSA) is 53.0 Å². The fourth-order valence-electron chi connectivity index (χ4n) is 9.30. The molecule has 11 atom stereocenters. The van der Waals surface area contributed by atoms with Crippen molar-refractivity contribution < 1.29 is 14.9 Å². The normalized spacial score (nSPS) is 70.2. The summed E-state index contributed by atoms with van der Waals surface area (Å²) in [6.07, 6.45) is 7.29. The minimum atomic E-state index is -0.609. The number of epoxide rings is 1. The minimum Gasteiger partial charge on any atom is -0.393 e. The van der Waals surface area contributed by atoms with E-state index in [-0.39, 0.29) is 17.1 Å². The molecular formula is C22H34O3. The van der Waals surface area contributed by atoms with E-state index in [0.717, 1.165) is 31.3 Å². The van der Waals surface area contributed by atoms with Crippen molar-refractivity contribution in [1.29, 1.82) is 0 Å². The van der Waals surface area contributed by atoms with Crippen molar-refractivity contribution in [2.45, 2.75) is 83.0 Å². The molecule has 0 radical (unpaired) electrons. The van der Waals surface area contributed by atoms with Crippen LogP contribution < -0.4 is 0 Å². The first-order valence-corrected chi connectivity index (χ1v) is 10.8. The van der Waals surface area contributed by atoms with Gasteiger partial charge in [0.2, 0.25) is 0 Å². The molecule has 5 aliphatic carbocycles. The van der Waals surface area contributed by atoms with Crippen molar-refractivity contribution in [3.05, 3.63) is 0 Å². The largest absolute Gasteiger partial charge is 0.393 e. The second kappa shape index (κ2) is 4.31. The van der Waals surface area contributed by atoms with E-state index in [1.54, 1.807) is 0 Å². The summed E-state index contributed by atoms with van der Waals surface area (Å²) in [6, 6.07) is 0. The first-order valence-electron chi connectivity index (χ1n) is 10.8. The van der Waals surface area contributed by atoms with Gasteiger partial charge in [-0.15, -0.1) is 0 Å². The molecule has 6 aliphatic rings. The molecule has 3 nitrogen and oxygen atoms in total. The highest BCUT2D eigenvalue weighted by atomic mass is 16.6. The molecule has 0 aromatic heterocycles. The van der Waals surface area contributed by atoms with Crippen LogP contribution in [0.25, 0.3) is 0 Å². The van der Waals surface area contributed by atoms with E-state index in [1.807, 2.05) is 0 Å². The lowest BCUT2D eigenvalue weighted by atomic mass is 9.43. The van der Waals surface area contributed by atoms with Crippen LogP contribution in [0, 0.1) is 46.3 Å². The molecule has 1 saturated heterocycles. The van der Waals surface area contributed by atoms with Crippen molar-refractivity contribution in [1.82, 2.24) is 0 Å². The van der Waals surface area contributed by atoms with E-state index in [4.69, 9.17) is 4.74 Å². The van der Waals surface area contributed by atoms with Crippen molar-refractivity contribution in [3.63, 3.8) is 0 Å². The molecular weight excluding hydrogens is 312 g/mol. The molecule has 6 unspecified atom stereocenters. The molecule has 1 heterocycles. The molecule has 0 aromatic carbocycles. The van der Waals surface area contributed by atoms with Gasteiger partial charge in [0.15, 0.2) is 0 Å². The second-order valence-corrected chi connectivity index (χ2v) is 11.3. The molecule has 1 spiro atoms. The Hall–Kier alpha value is -0.120. The Balaban J connectivity index is 1.42. The van der Waals surface area contributed by atoms with E-state index in [9.17, 15) is 10.2 Å². The van der Waals surface area contributed by atoms with Crippen LogP contribution in [0.2, 0.25) is 0 Å². The monoisotopic (exact) mass is 346 g/mol. The summed E-state index contributed by atoms with van der Waals surface area (Å²) in [5.74, 6) is 4.07. The van der Waals surface area contributed by atoms with Crippen LogP contribution >= 0.6 is 0 Å². The minimum absolute atomic E-state index is 0.0132. The molecule has 140 valence electrons. The maximum absolute atomic E-state index is 11.8. The highest BCUT2D eigenvalue weighted by molar-refractivity contribution is 5.27. The third-order valence-electron chi connectivity index (χ3n) is 10.8. The zero-order valence-electron chi connectivity index (χ0n) is 16.0. The summed E-state index contributed by atoms with van der Waals surface area (Å²) in [6.45, 7) is 8.33. The summed E-state index contributed by atoms with van der Waals surface area (Å²) < 4.78 is 6.15. The van der Waals surface area contributed by atoms with Gasteiger partial charge in [-0.3, -0.25) is 0 Å². The highest BCUT2D eigenvalue weighted by Gasteiger charge is 2.78. The number of hydrogen-bond acceptors (Lipinski definition) is 3. The summed E-state index contributed by atoms with van der Waals surface area (Å²) in [5.41, 5.74) is -0.0489. The standard InChI is InChI=1S/C22H34O3/c1-12-8-17-18-14-9-16(14)21(24)10-13(23)4-6-19(21,2)15(18)5-7-20(17,3)22(12)11-25-22/h12-18,23-24H,4-11H2,1-3H3/t12?,13-,14?,15?,16?,17?,18?,19+,20-,21+,22-/m0/s1. The number of hydrogen-bond donors (Lipinski definition) is 2. The Morgan fingerprint density at radius 2 is 1.68 bits per heavy atom. The fraction of sp³-hybridized carbons (Fsp3) is 1.00. The van der Waals surface area contributed by atoms with Crippen LogP contribution in [0.1, 0.15) is 65.7 Å². The third kappa shape index (κ3) is 1.55. The second-order valence-electron chi connectivity index (χ2n) is 11.3. The Morgan fingerprint density at radius 3 is 2.40 bits per heavy atom. The number of aliphatic hydroxyl groups excluding tert-OH is 1. The van der Waals surface area contributed by atoms with Gasteiger partial charge >= 0.3 is 0 Å². The van der Waals surface area contributed by atoms with Gasteiger partial charge in [-0.05, 0) is 79.4 Å². The summed E-state index contributed by atoms with van der Waals surface area (Å²) in [4.78, 5) is 0. The van der Waals surface area contributed by atoms with Gasteiger partial charge in [0.05, 0.1) is 23.9 Å². The summed E-state index contributed by atoms with van der Waals surface area (Å²) >= 11 is 0. The molecule has 3 heteroatoms. The Bertz CT molecular complexity index is 629. The van der Waals surface area contributed by atoms with Crippen LogP contribution in [0.15, 0.2) is 0 Å². The van der Waals surface area contributed by atoms with Crippen molar-refractivity contribution in [2.75, 3.05) is 6.61 Å². The Labute approximate surface area is 151 Å². The van der Waals surface area contributed by atoms with Gasteiger partial charge < -0.3 is 14.9 Å². The molecule has 5 saturated carbocycles. The average molecular weight is 347 g/mol. The zero-order chi connectivity index (χ0) is 17.4. The van der Waals surface area contributed by atoms with Gasteiger partial charge in [-0.25, -0.2) is 0 Å². The third-order valence-corrected chi connectivity index (χ3v) is 10.8. The molecule has 25 heavy (non-hydrogen) atoms. The van der Waals surface area contributed by atoms with Crippen molar-refractivity contribution >= 4 is 0 Å². The number of ether oxygens (including phenoxy) is 1. The number of fused-ring (bicyclic) bond motifs is 9. The molecule has 6 rings (SSSR count). The van der Waals surface area contributed by atoms with Crippen LogP contribution in [-0.2, 0) is 4.74 Å². The number of rotatable bonds is 0. The molecule has 1 aliphatic heterocycles. The van der Waals surface area contributed by atoms with Gasteiger partial charge in [-0.1, -0.05) is 20.8 Å². The smallest absolute Gasteiger partial charge is 0.0997 e. The average Bonchev–Trinajstić information content (AvgIpc) is 3.43. The maximum atomic E-state index is 11.8. The molecule has 6 fully saturated rings. The molecule has 2 N–H and O–H groups in total. The quantitative estimate of drug-likeness (QED) is 0.661. The van der Waals surface area contributed by atoms with Crippen LogP contribution in [0.3, 0.4) is 0 Å². The lowest BCUT2D eigenvalue weighted by molar-refractivity contribution is -0.226. The van der Waals surface area contributed by atoms with Crippen LogP contribution in [-0.4, -0.2) is 34.1 Å². The van der Waals surface area contributed by atoms with E-state index >= 15 is 0 Å². The molecule has 0 amide bonds. The molecule has 0 bridgehead atoms. The van der Waals surface area contributed by atoms with E-state index in [1.165, 1.54) is 25.7 Å². The van der Waals surface area contributed by atoms with Crippen molar-refractivity contribution in [3.8, 4) is 0 Å². The van der Waals surface area contributed by atoms with E-state index in [0.29, 0.717) is 35.5 Å². The van der Waals surface area contributed by atoms with Gasteiger partial charge in [0.1, 0.15) is 0 Å². The van der Waals surface area contributed by atoms with Gasteiger partial charge in [0.25, 0.3) is 0 Å². The predicted octanol–water partition coefficient (Wildman–Crippen LogP) is 3.38. The SMILES string of the molecule is CC1CC2C3C4CC4[C@]4(O)C[C@@H](O)CC[C@]4(C)C3CC[C@]2(C)[C@]12CO2. The van der Waals surface area contributed by atoms with E-state index in [2.05, 4.69) is 20.8 Å². The van der Waals surface area contributed by atoms with E-state index < -0.39 is 5.60 Å². The van der Waals surface area contributed by atoms with Crippen LogP contribution in [0.5, 0.6) is 0 Å². The summed E-state index contributed by atoms with van der Waals surface area (Å²) in [7, 11) is 0. The van der Waals surface area contributed by atoms with Crippen molar-refractivity contribution in [2.24, 2.45) is 46.3 Å². The summed E-state index contributed by atoms with van der Waals surface area (Å²) in [5, 5.41) is 22.0. The number of aliphatic hydroxyl groups is 2. The first kappa shape index (κ1) is 15.9. The van der Waals surface area contributed by atoms with Gasteiger partial charge in [0, 0.05) is 11.8 Å². The lowest BCUT2D eigenvalue weighted by Crippen LogP contribution is -2.64. The van der Waals surface area contributed by atoms with Gasteiger partial charge in [-0.2, -0.15) is 0 Å². The Kier molecular flexibility index (Phi) is 2.74. The first-order chi connectivity index (χ1) is 11.8. The van der Waals surface area contributed by atoms with Crippen LogP contribution in [0.4, 0.5) is 0 Å². The zero-order valence-corrected chi connectivity index (χ0v) is 16.0. The molecule has 0 aromatic rings. The predicted molar refractivity (Wildman–Crippen MR) is 94.8 cm³/mol.